The Morgan fingerprint density at radius 1 is 1.03 bits per heavy atom. The summed E-state index contributed by atoms with van der Waals surface area (Å²) in [6.07, 6.45) is 2.74. The highest BCUT2D eigenvalue weighted by atomic mass is 16.5. The Morgan fingerprint density at radius 2 is 1.81 bits per heavy atom. The van der Waals surface area contributed by atoms with Crippen LogP contribution >= 0.6 is 0 Å². The molecule has 2 aromatic carbocycles. The highest BCUT2D eigenvalue weighted by Gasteiger charge is 2.19. The van der Waals surface area contributed by atoms with Gasteiger partial charge in [0, 0.05) is 38.3 Å². The van der Waals surface area contributed by atoms with Gasteiger partial charge in [0.05, 0.1) is 12.7 Å². The van der Waals surface area contributed by atoms with E-state index >= 15 is 0 Å². The van der Waals surface area contributed by atoms with Gasteiger partial charge >= 0.3 is 0 Å². The Morgan fingerprint density at radius 3 is 2.55 bits per heavy atom. The molecule has 0 radical (unpaired) electrons. The lowest BCUT2D eigenvalue weighted by Gasteiger charge is -2.30. The average Bonchev–Trinajstić information content (AvgIpc) is 2.76. The van der Waals surface area contributed by atoms with Gasteiger partial charge in [-0.1, -0.05) is 24.3 Å². The van der Waals surface area contributed by atoms with Crippen molar-refractivity contribution in [1.29, 1.82) is 0 Å². The van der Waals surface area contributed by atoms with Gasteiger partial charge in [-0.15, -0.1) is 0 Å². The van der Waals surface area contributed by atoms with Gasteiger partial charge in [-0.2, -0.15) is 0 Å². The molecule has 0 saturated carbocycles. The van der Waals surface area contributed by atoms with Crippen molar-refractivity contribution in [3.8, 4) is 5.75 Å². The molecule has 2 aliphatic rings. The minimum absolute atomic E-state index is 0.174. The van der Waals surface area contributed by atoms with Crippen LogP contribution in [0, 0.1) is 0 Å². The predicted molar refractivity (Wildman–Crippen MR) is 121 cm³/mol. The maximum Gasteiger partial charge on any atom is 0.251 e. The van der Waals surface area contributed by atoms with Crippen molar-refractivity contribution in [3.63, 3.8) is 0 Å². The Labute approximate surface area is 184 Å². The molecule has 166 valence electrons. The van der Waals surface area contributed by atoms with Crippen LogP contribution in [0.2, 0.25) is 0 Å². The zero-order valence-electron chi connectivity index (χ0n) is 18.1. The molecule has 2 N–H and O–H groups in total. The number of carbonyl (C=O) groups excluding carboxylic acids is 1. The van der Waals surface area contributed by atoms with Crippen LogP contribution in [-0.4, -0.2) is 72.8 Å². The molecule has 1 amide bonds. The van der Waals surface area contributed by atoms with Crippen molar-refractivity contribution < 1.29 is 14.6 Å². The van der Waals surface area contributed by atoms with E-state index in [0.29, 0.717) is 18.7 Å². The molecule has 1 saturated heterocycles. The fraction of sp³-hybridized carbons (Fsp3) is 0.480. The van der Waals surface area contributed by atoms with E-state index in [1.807, 2.05) is 12.1 Å². The fourth-order valence-corrected chi connectivity index (χ4v) is 4.17. The summed E-state index contributed by atoms with van der Waals surface area (Å²) in [4.78, 5) is 17.1. The number of rotatable bonds is 10. The van der Waals surface area contributed by atoms with E-state index in [-0.39, 0.29) is 12.5 Å². The van der Waals surface area contributed by atoms with E-state index in [1.54, 1.807) is 12.1 Å². The fourth-order valence-electron chi connectivity index (χ4n) is 4.17. The summed E-state index contributed by atoms with van der Waals surface area (Å²) in [5, 5.41) is 13.2. The number of amides is 1. The molecule has 0 bridgehead atoms. The molecular weight excluding hydrogens is 390 g/mol. The van der Waals surface area contributed by atoms with Crippen molar-refractivity contribution in [3.05, 3.63) is 65.2 Å². The first-order valence-electron chi connectivity index (χ1n) is 11.4. The van der Waals surface area contributed by atoms with E-state index in [9.17, 15) is 9.90 Å². The largest absolute Gasteiger partial charge is 0.494 e. The quantitative estimate of drug-likeness (QED) is 0.574. The van der Waals surface area contributed by atoms with E-state index in [1.165, 1.54) is 30.6 Å². The first-order valence-corrected chi connectivity index (χ1v) is 11.4. The van der Waals surface area contributed by atoms with Gasteiger partial charge in [0.2, 0.25) is 0 Å². The van der Waals surface area contributed by atoms with Crippen LogP contribution in [0.1, 0.15) is 34.3 Å². The molecule has 2 aliphatic heterocycles. The molecule has 1 atom stereocenters. The van der Waals surface area contributed by atoms with Gasteiger partial charge in [0.15, 0.2) is 0 Å². The van der Waals surface area contributed by atoms with E-state index in [0.717, 1.165) is 38.2 Å². The van der Waals surface area contributed by atoms with Crippen molar-refractivity contribution in [2.24, 2.45) is 0 Å². The van der Waals surface area contributed by atoms with E-state index in [4.69, 9.17) is 4.74 Å². The van der Waals surface area contributed by atoms with Crippen LogP contribution in [0.25, 0.3) is 0 Å². The number of aliphatic hydroxyl groups excluding tert-OH is 1. The number of hydrogen-bond acceptors (Lipinski definition) is 5. The number of benzene rings is 2. The summed E-state index contributed by atoms with van der Waals surface area (Å²) in [7, 11) is 0. The number of nitrogens with zero attached hydrogens (tertiary/aromatic N) is 2. The van der Waals surface area contributed by atoms with E-state index in [2.05, 4.69) is 39.4 Å². The molecular formula is C25H33N3O3. The molecule has 0 aromatic heterocycles. The van der Waals surface area contributed by atoms with Crippen molar-refractivity contribution in [2.45, 2.75) is 31.9 Å². The lowest BCUT2D eigenvalue weighted by atomic mass is 10.00. The number of nitrogens with one attached hydrogen (secondary N) is 1. The highest BCUT2D eigenvalue weighted by Crippen LogP contribution is 2.18. The Kier molecular flexibility index (Phi) is 7.57. The minimum Gasteiger partial charge on any atom is -0.494 e. The summed E-state index contributed by atoms with van der Waals surface area (Å²) in [6.45, 7) is 6.78. The van der Waals surface area contributed by atoms with Crippen LogP contribution in [0.5, 0.6) is 5.75 Å². The number of aliphatic hydroxyl groups is 1. The topological polar surface area (TPSA) is 65.0 Å². The van der Waals surface area contributed by atoms with E-state index < -0.39 is 6.10 Å². The van der Waals surface area contributed by atoms with Gasteiger partial charge in [0.25, 0.3) is 5.91 Å². The Balaban J connectivity index is 1.15. The Hall–Kier alpha value is -2.41. The second-order valence-electron chi connectivity index (χ2n) is 8.54. The lowest BCUT2D eigenvalue weighted by Crippen LogP contribution is -2.42. The second-order valence-corrected chi connectivity index (χ2v) is 8.54. The molecule has 0 spiro atoms. The maximum atomic E-state index is 12.4. The molecule has 31 heavy (non-hydrogen) atoms. The summed E-state index contributed by atoms with van der Waals surface area (Å²) in [5.41, 5.74) is 3.30. The number of likely N-dealkylation sites (tertiary alicyclic amines) is 1. The third kappa shape index (κ3) is 6.29. The van der Waals surface area contributed by atoms with Crippen molar-refractivity contribution >= 4 is 5.91 Å². The van der Waals surface area contributed by atoms with Gasteiger partial charge in [-0.05, 0) is 67.7 Å². The van der Waals surface area contributed by atoms with Crippen molar-refractivity contribution in [1.82, 2.24) is 15.1 Å². The molecule has 1 fully saturated rings. The summed E-state index contributed by atoms with van der Waals surface area (Å²) < 4.78 is 5.76. The number of β-amino-alcohol motifs (C(OH)–C–C–N with tert-alkyl or cyclic N) is 1. The molecule has 0 unspecified atom stereocenters. The van der Waals surface area contributed by atoms with Crippen LogP contribution in [0.4, 0.5) is 0 Å². The first-order chi connectivity index (χ1) is 15.2. The average molecular weight is 424 g/mol. The Bertz CT molecular complexity index is 851. The third-order valence-electron chi connectivity index (χ3n) is 6.13. The normalized spacial score (nSPS) is 17.5. The number of fused-ring (bicyclic) bond motifs is 1. The minimum atomic E-state index is -0.594. The molecule has 2 heterocycles. The zero-order chi connectivity index (χ0) is 21.5. The predicted octanol–water partition coefficient (Wildman–Crippen LogP) is 2.31. The summed E-state index contributed by atoms with van der Waals surface area (Å²) in [6, 6.07) is 15.7. The van der Waals surface area contributed by atoms with Gasteiger partial charge in [0.1, 0.15) is 5.75 Å². The first kappa shape index (κ1) is 21.8. The van der Waals surface area contributed by atoms with Crippen LogP contribution < -0.4 is 10.1 Å². The molecule has 2 aromatic rings. The summed E-state index contributed by atoms with van der Waals surface area (Å²) >= 11 is 0. The van der Waals surface area contributed by atoms with Crippen molar-refractivity contribution in [2.75, 3.05) is 45.9 Å². The van der Waals surface area contributed by atoms with Crippen LogP contribution in [-0.2, 0) is 13.0 Å². The zero-order valence-corrected chi connectivity index (χ0v) is 18.1. The summed E-state index contributed by atoms with van der Waals surface area (Å²) in [5.74, 6) is 0.609. The molecule has 6 heteroatoms. The molecule has 0 aliphatic carbocycles. The molecule has 4 rings (SSSR count). The highest BCUT2D eigenvalue weighted by molar-refractivity contribution is 5.94. The third-order valence-corrected chi connectivity index (χ3v) is 6.13. The standard InChI is InChI=1S/C25H33N3O3/c29-23(19-28-15-11-20-5-1-2-6-22(20)18-28)17-26-25(30)21-7-9-24(10-8-21)31-16-4-14-27-12-3-13-27/h1-2,5-10,23,29H,3-4,11-19H2,(H,26,30)/t23-/m0/s1. The molecule has 6 nitrogen and oxygen atoms in total. The van der Waals surface area contributed by atoms with Crippen LogP contribution in [0.3, 0.4) is 0 Å². The second kappa shape index (κ2) is 10.8. The monoisotopic (exact) mass is 423 g/mol. The van der Waals surface area contributed by atoms with Crippen LogP contribution in [0.15, 0.2) is 48.5 Å². The smallest absolute Gasteiger partial charge is 0.251 e. The number of carbonyl (C=O) groups is 1. The lowest BCUT2D eigenvalue weighted by molar-refractivity contribution is 0.0842. The van der Waals surface area contributed by atoms with Gasteiger partial charge in [-0.25, -0.2) is 0 Å². The SMILES string of the molecule is O=C(NC[C@H](O)CN1CCc2ccccc2C1)c1ccc(OCCCN2CCC2)cc1. The number of hydrogen-bond donors (Lipinski definition) is 2. The number of ether oxygens (including phenoxy) is 1. The van der Waals surface area contributed by atoms with Gasteiger partial charge in [-0.3, -0.25) is 9.69 Å². The maximum absolute atomic E-state index is 12.4. The van der Waals surface area contributed by atoms with Gasteiger partial charge < -0.3 is 20.1 Å².